The highest BCUT2D eigenvalue weighted by molar-refractivity contribution is 7.81. The van der Waals surface area contributed by atoms with E-state index < -0.39 is 10.4 Å². The maximum absolute atomic E-state index is 10.3. The van der Waals surface area contributed by atoms with E-state index in [2.05, 4.69) is 11.1 Å². The van der Waals surface area contributed by atoms with Crippen molar-refractivity contribution in [2.45, 2.75) is 129 Å². The van der Waals surface area contributed by atoms with Crippen molar-refractivity contribution in [2.75, 3.05) is 0 Å². The molecule has 0 spiro atoms. The van der Waals surface area contributed by atoms with E-state index in [1.165, 1.54) is 115 Å². The lowest BCUT2D eigenvalue weighted by molar-refractivity contribution is 0.356. The molecule has 0 aromatic carbocycles. The zero-order chi connectivity index (χ0) is 21.5. The van der Waals surface area contributed by atoms with Crippen molar-refractivity contribution in [3.8, 4) is 0 Å². The first kappa shape index (κ1) is 28.2. The van der Waals surface area contributed by atoms with Crippen molar-refractivity contribution in [3.05, 3.63) is 24.5 Å². The van der Waals surface area contributed by atoms with Gasteiger partial charge in [-0.05, 0) is 18.9 Å². The van der Waals surface area contributed by atoms with Crippen LogP contribution in [0.2, 0.25) is 0 Å². The minimum absolute atomic E-state index is 0.960. The molecule has 0 amide bonds. The predicted molar refractivity (Wildman–Crippen MR) is 124 cm³/mol. The first-order valence-corrected chi connectivity index (χ1v) is 13.4. The summed E-state index contributed by atoms with van der Waals surface area (Å²) in [5, 5.41) is 0. The van der Waals surface area contributed by atoms with Gasteiger partial charge in [0.05, 0.1) is 0 Å². The summed E-state index contributed by atoms with van der Waals surface area (Å²) in [4.78, 5) is 0. The van der Waals surface area contributed by atoms with E-state index in [4.69, 9.17) is 4.55 Å². The van der Waals surface area contributed by atoms with Gasteiger partial charge in [-0.3, -0.25) is 4.55 Å². The quantitative estimate of drug-likeness (QED) is 0.0811. The molecule has 5 heteroatoms. The Morgan fingerprint density at radius 1 is 0.621 bits per heavy atom. The molecule has 0 aromatic rings. The van der Waals surface area contributed by atoms with Gasteiger partial charge in [-0.25, -0.2) is 0 Å². The molecular weight excluding hydrogens is 384 g/mol. The van der Waals surface area contributed by atoms with E-state index in [9.17, 15) is 8.42 Å². The molecule has 0 fully saturated rings. The first-order chi connectivity index (χ1) is 14.1. The maximum Gasteiger partial charge on any atom is 0.445 e. The molecule has 0 heterocycles. The molecule has 0 atom stereocenters. The minimum Gasteiger partial charge on any atom is -0.370 e. The summed E-state index contributed by atoms with van der Waals surface area (Å²) >= 11 is 0. The molecule has 1 N–H and O–H groups in total. The van der Waals surface area contributed by atoms with Crippen LogP contribution in [0.5, 0.6) is 0 Å². The summed E-state index contributed by atoms with van der Waals surface area (Å²) in [6.45, 7) is 2.28. The molecule has 0 saturated heterocycles. The molecular formula is C24H46O4S. The van der Waals surface area contributed by atoms with Crippen molar-refractivity contribution >= 4 is 10.4 Å². The third kappa shape index (κ3) is 27.2. The number of hydrogen-bond donors (Lipinski definition) is 1. The normalized spacial score (nSPS) is 12.3. The molecule has 0 aliphatic carbocycles. The second kappa shape index (κ2) is 21.9. The summed E-state index contributed by atoms with van der Waals surface area (Å²) in [6, 6.07) is 0. The fraction of sp³-hybridized carbons (Fsp3) is 0.833. The lowest BCUT2D eigenvalue weighted by Gasteiger charge is -2.03. The van der Waals surface area contributed by atoms with Gasteiger partial charge >= 0.3 is 10.4 Å². The maximum atomic E-state index is 10.3. The van der Waals surface area contributed by atoms with Crippen LogP contribution in [0.3, 0.4) is 0 Å². The third-order valence-electron chi connectivity index (χ3n) is 5.23. The van der Waals surface area contributed by atoms with Crippen LogP contribution in [-0.4, -0.2) is 13.0 Å². The topological polar surface area (TPSA) is 63.6 Å². The Kier molecular flexibility index (Phi) is 21.3. The number of rotatable bonds is 22. The van der Waals surface area contributed by atoms with Gasteiger partial charge in [0.15, 0.2) is 0 Å². The third-order valence-corrected chi connectivity index (χ3v) is 5.58. The molecule has 0 unspecified atom stereocenters. The van der Waals surface area contributed by atoms with Crippen LogP contribution < -0.4 is 0 Å². The lowest BCUT2D eigenvalue weighted by Crippen LogP contribution is -1.96. The van der Waals surface area contributed by atoms with E-state index in [1.54, 1.807) is 6.08 Å². The van der Waals surface area contributed by atoms with Crippen LogP contribution in [0.15, 0.2) is 24.5 Å². The van der Waals surface area contributed by atoms with Gasteiger partial charge in [-0.15, -0.1) is 0 Å². The monoisotopic (exact) mass is 430 g/mol. The molecule has 4 nitrogen and oxygen atoms in total. The van der Waals surface area contributed by atoms with E-state index in [-0.39, 0.29) is 0 Å². The van der Waals surface area contributed by atoms with Gasteiger partial charge in [0.1, 0.15) is 6.26 Å². The van der Waals surface area contributed by atoms with Crippen molar-refractivity contribution in [3.63, 3.8) is 0 Å². The minimum atomic E-state index is -4.37. The molecule has 0 aromatic heterocycles. The van der Waals surface area contributed by atoms with Gasteiger partial charge in [-0.2, -0.15) is 8.42 Å². The molecule has 172 valence electrons. The van der Waals surface area contributed by atoms with Crippen LogP contribution in [0.1, 0.15) is 129 Å². The second-order valence-corrected chi connectivity index (χ2v) is 9.13. The highest BCUT2D eigenvalue weighted by atomic mass is 32.3. The molecule has 0 aliphatic rings. The van der Waals surface area contributed by atoms with Crippen LogP contribution >= 0.6 is 0 Å². The van der Waals surface area contributed by atoms with E-state index in [1.807, 2.05) is 6.08 Å². The molecule has 0 saturated carbocycles. The molecule has 0 aliphatic heterocycles. The van der Waals surface area contributed by atoms with Crippen LogP contribution in [-0.2, 0) is 14.6 Å². The molecule has 0 radical (unpaired) electrons. The predicted octanol–water partition coefficient (Wildman–Crippen LogP) is 8.31. The van der Waals surface area contributed by atoms with Crippen molar-refractivity contribution < 1.29 is 17.2 Å². The summed E-state index contributed by atoms with van der Waals surface area (Å²) in [6.07, 6.45) is 32.0. The number of unbranched alkanes of at least 4 members (excludes halogenated alkanes) is 18. The summed E-state index contributed by atoms with van der Waals surface area (Å²) in [7, 11) is -4.37. The van der Waals surface area contributed by atoms with Gasteiger partial charge in [0.2, 0.25) is 0 Å². The van der Waals surface area contributed by atoms with E-state index in [0.29, 0.717) is 0 Å². The zero-order valence-electron chi connectivity index (χ0n) is 18.8. The highest BCUT2D eigenvalue weighted by Gasteiger charge is 1.98. The average Bonchev–Trinajstić information content (AvgIpc) is 2.67. The largest absolute Gasteiger partial charge is 0.445 e. The van der Waals surface area contributed by atoms with Gasteiger partial charge in [-0.1, -0.05) is 128 Å². The van der Waals surface area contributed by atoms with Crippen LogP contribution in [0.25, 0.3) is 0 Å². The van der Waals surface area contributed by atoms with Crippen molar-refractivity contribution in [1.29, 1.82) is 0 Å². The van der Waals surface area contributed by atoms with Gasteiger partial charge in [0.25, 0.3) is 0 Å². The van der Waals surface area contributed by atoms with Crippen molar-refractivity contribution in [1.82, 2.24) is 0 Å². The Bertz CT molecular complexity index is 483. The van der Waals surface area contributed by atoms with Gasteiger partial charge in [0, 0.05) is 0 Å². The van der Waals surface area contributed by atoms with Crippen LogP contribution in [0.4, 0.5) is 0 Å². The van der Waals surface area contributed by atoms with Crippen molar-refractivity contribution in [2.24, 2.45) is 0 Å². The molecule has 29 heavy (non-hydrogen) atoms. The average molecular weight is 431 g/mol. The Morgan fingerprint density at radius 3 is 1.38 bits per heavy atom. The summed E-state index contributed by atoms with van der Waals surface area (Å²) < 4.78 is 33.0. The molecule has 0 rings (SSSR count). The summed E-state index contributed by atoms with van der Waals surface area (Å²) in [5.74, 6) is 0. The zero-order valence-corrected chi connectivity index (χ0v) is 19.6. The first-order valence-electron chi connectivity index (χ1n) is 12.0. The lowest BCUT2D eigenvalue weighted by atomic mass is 10.0. The fourth-order valence-electron chi connectivity index (χ4n) is 3.49. The van der Waals surface area contributed by atoms with Crippen LogP contribution in [0, 0.1) is 0 Å². The standard InChI is InChI=1S/C24H46O4S/c1-2-3-4-5-6-7-8-9-10-11-12-13-14-15-16-17-18-19-20-21-22-23-24-28-29(25,26)27/h21-24H,2-20H2,1H3,(H,25,26,27)/b22-21+,24-23+. The Labute approximate surface area is 181 Å². The smallest absolute Gasteiger partial charge is 0.370 e. The van der Waals surface area contributed by atoms with E-state index >= 15 is 0 Å². The highest BCUT2D eigenvalue weighted by Crippen LogP contribution is 2.14. The molecule has 0 bridgehead atoms. The number of allylic oxidation sites excluding steroid dienone is 3. The van der Waals surface area contributed by atoms with E-state index in [0.717, 1.165) is 19.1 Å². The Balaban J connectivity index is 3.15. The Hall–Kier alpha value is -0.810. The second-order valence-electron chi connectivity index (χ2n) is 8.08. The Morgan fingerprint density at radius 2 is 1.00 bits per heavy atom. The summed E-state index contributed by atoms with van der Waals surface area (Å²) in [5.41, 5.74) is 0. The van der Waals surface area contributed by atoms with Gasteiger partial charge < -0.3 is 4.18 Å². The SMILES string of the molecule is CCCCCCCCCCCCCCCCCCCC/C=C/C=C/OS(=O)(=O)O. The number of hydrogen-bond acceptors (Lipinski definition) is 3. The fourth-order valence-corrected chi connectivity index (χ4v) is 3.69.